The highest BCUT2D eigenvalue weighted by molar-refractivity contribution is 5.79. The molecule has 0 aliphatic heterocycles. The quantitative estimate of drug-likeness (QED) is 0.680. The van der Waals surface area contributed by atoms with Crippen molar-refractivity contribution < 1.29 is 13.2 Å². The smallest absolute Gasteiger partial charge is 0.341 e. The van der Waals surface area contributed by atoms with Gasteiger partial charge in [0.05, 0.1) is 17.6 Å². The van der Waals surface area contributed by atoms with Crippen molar-refractivity contribution in [2.75, 3.05) is 6.54 Å². The summed E-state index contributed by atoms with van der Waals surface area (Å²) in [6.07, 6.45) is -4.15. The molecule has 5 nitrogen and oxygen atoms in total. The average Bonchev–Trinajstić information content (AvgIpc) is 2.98. The summed E-state index contributed by atoms with van der Waals surface area (Å²) < 4.78 is 38.4. The highest BCUT2D eigenvalue weighted by Gasteiger charge is 2.33. The first kappa shape index (κ1) is 18.3. The minimum absolute atomic E-state index is 0.181. The second kappa shape index (κ2) is 7.03. The molecule has 2 N–H and O–H groups in total. The maximum absolute atomic E-state index is 12.8. The molecule has 0 atom stereocenters. The molecule has 0 bridgehead atoms. The van der Waals surface area contributed by atoms with E-state index in [1.807, 2.05) is 26.0 Å². The molecule has 138 valence electrons. The molecule has 2 aromatic heterocycles. The van der Waals surface area contributed by atoms with Gasteiger partial charge >= 0.3 is 6.18 Å². The molecule has 3 aromatic rings. The molecule has 0 aliphatic carbocycles. The van der Waals surface area contributed by atoms with Gasteiger partial charge in [-0.1, -0.05) is 6.07 Å². The Morgan fingerprint density at radius 1 is 1.08 bits per heavy atom. The molecule has 1 aromatic carbocycles. The van der Waals surface area contributed by atoms with E-state index < -0.39 is 11.9 Å². The maximum Gasteiger partial charge on any atom is 0.433 e. The van der Waals surface area contributed by atoms with E-state index in [0.717, 1.165) is 28.5 Å². The number of hydrogen-bond donors (Lipinski definition) is 2. The largest absolute Gasteiger partial charge is 0.433 e. The number of aromatic nitrogens is 4. The van der Waals surface area contributed by atoms with Gasteiger partial charge in [0, 0.05) is 18.7 Å². The van der Waals surface area contributed by atoms with Crippen molar-refractivity contribution in [2.24, 2.45) is 0 Å². The van der Waals surface area contributed by atoms with Crippen LogP contribution in [0.25, 0.3) is 11.0 Å². The van der Waals surface area contributed by atoms with Crippen molar-refractivity contribution in [2.45, 2.75) is 39.9 Å². The van der Waals surface area contributed by atoms with Crippen LogP contribution in [0.15, 0.2) is 18.2 Å². The van der Waals surface area contributed by atoms with Crippen LogP contribution in [-0.4, -0.2) is 26.5 Å². The first-order chi connectivity index (χ1) is 12.2. The molecule has 0 radical (unpaired) electrons. The Kier molecular flexibility index (Phi) is 4.95. The van der Waals surface area contributed by atoms with Gasteiger partial charge in [-0.05, 0) is 44.0 Å². The number of benzene rings is 1. The van der Waals surface area contributed by atoms with Gasteiger partial charge in [-0.3, -0.25) is 0 Å². The SMILES string of the molecule is Cc1cc(C(F)(F)F)nc(CCNCc2nc3c(C)c(C)ccc3[nH]2)n1. The van der Waals surface area contributed by atoms with E-state index in [0.29, 0.717) is 25.2 Å². The van der Waals surface area contributed by atoms with E-state index in [4.69, 9.17) is 0 Å². The molecule has 0 fully saturated rings. The van der Waals surface area contributed by atoms with Crippen LogP contribution in [0.5, 0.6) is 0 Å². The molecule has 3 rings (SSSR count). The number of halogens is 3. The van der Waals surface area contributed by atoms with Crippen molar-refractivity contribution in [3.8, 4) is 0 Å². The first-order valence-corrected chi connectivity index (χ1v) is 8.31. The second-order valence-corrected chi connectivity index (χ2v) is 6.32. The summed E-state index contributed by atoms with van der Waals surface area (Å²) in [5.74, 6) is 0.968. The minimum atomic E-state index is -4.46. The van der Waals surface area contributed by atoms with E-state index in [9.17, 15) is 13.2 Å². The number of fused-ring (bicyclic) bond motifs is 1. The Hall–Kier alpha value is -2.48. The summed E-state index contributed by atoms with van der Waals surface area (Å²) >= 11 is 0. The standard InChI is InChI=1S/C18H20F3N5/c1-10-4-5-13-17(12(10)3)26-16(24-13)9-22-7-6-15-23-11(2)8-14(25-15)18(19,20)21/h4-5,8,22H,6-7,9H2,1-3H3,(H,24,26). The van der Waals surface area contributed by atoms with E-state index in [-0.39, 0.29) is 5.82 Å². The third kappa shape index (κ3) is 4.01. The molecule has 0 amide bonds. The third-order valence-electron chi connectivity index (χ3n) is 4.24. The predicted octanol–water partition coefficient (Wildman–Crippen LogP) is 3.63. The summed E-state index contributed by atoms with van der Waals surface area (Å²) in [4.78, 5) is 15.5. The average molecular weight is 363 g/mol. The summed E-state index contributed by atoms with van der Waals surface area (Å²) in [6.45, 7) is 6.55. The number of rotatable bonds is 5. The summed E-state index contributed by atoms with van der Waals surface area (Å²) in [5.41, 5.74) is 3.65. The molecular weight excluding hydrogens is 343 g/mol. The Bertz CT molecular complexity index is 930. The van der Waals surface area contributed by atoms with Gasteiger partial charge in [-0.15, -0.1) is 0 Å². The lowest BCUT2D eigenvalue weighted by atomic mass is 10.1. The summed E-state index contributed by atoms with van der Waals surface area (Å²) in [5, 5.41) is 3.17. The second-order valence-electron chi connectivity index (χ2n) is 6.32. The Labute approximate surface area is 149 Å². The van der Waals surface area contributed by atoms with Gasteiger partial charge in [-0.25, -0.2) is 15.0 Å². The zero-order valence-corrected chi connectivity index (χ0v) is 14.8. The van der Waals surface area contributed by atoms with Gasteiger partial charge in [0.25, 0.3) is 0 Å². The van der Waals surface area contributed by atoms with Gasteiger partial charge in [-0.2, -0.15) is 13.2 Å². The minimum Gasteiger partial charge on any atom is -0.341 e. The number of nitrogens with zero attached hydrogens (tertiary/aromatic N) is 3. The van der Waals surface area contributed by atoms with Crippen molar-refractivity contribution in [1.29, 1.82) is 0 Å². The van der Waals surface area contributed by atoms with Crippen LogP contribution in [-0.2, 0) is 19.1 Å². The number of alkyl halides is 3. The topological polar surface area (TPSA) is 66.5 Å². The molecule has 0 spiro atoms. The maximum atomic E-state index is 12.8. The van der Waals surface area contributed by atoms with Crippen LogP contribution in [0.4, 0.5) is 13.2 Å². The lowest BCUT2D eigenvalue weighted by Gasteiger charge is -2.09. The van der Waals surface area contributed by atoms with Crippen LogP contribution in [0.2, 0.25) is 0 Å². The van der Waals surface area contributed by atoms with Crippen molar-refractivity contribution in [1.82, 2.24) is 25.3 Å². The van der Waals surface area contributed by atoms with Crippen LogP contribution < -0.4 is 5.32 Å². The van der Waals surface area contributed by atoms with Crippen LogP contribution in [0, 0.1) is 20.8 Å². The van der Waals surface area contributed by atoms with Crippen LogP contribution >= 0.6 is 0 Å². The number of aromatic amines is 1. The van der Waals surface area contributed by atoms with E-state index in [1.54, 1.807) is 0 Å². The predicted molar refractivity (Wildman–Crippen MR) is 92.7 cm³/mol. The Morgan fingerprint density at radius 3 is 2.58 bits per heavy atom. The summed E-state index contributed by atoms with van der Waals surface area (Å²) in [7, 11) is 0. The summed E-state index contributed by atoms with van der Waals surface area (Å²) in [6, 6.07) is 4.99. The fourth-order valence-electron chi connectivity index (χ4n) is 2.74. The molecule has 0 saturated heterocycles. The van der Waals surface area contributed by atoms with E-state index in [1.165, 1.54) is 12.5 Å². The molecule has 0 unspecified atom stereocenters. The Morgan fingerprint density at radius 2 is 1.85 bits per heavy atom. The van der Waals surface area contributed by atoms with Crippen molar-refractivity contribution >= 4 is 11.0 Å². The fraction of sp³-hybridized carbons (Fsp3) is 0.389. The van der Waals surface area contributed by atoms with Gasteiger partial charge in [0.15, 0.2) is 0 Å². The molecule has 0 saturated carbocycles. The van der Waals surface area contributed by atoms with E-state index in [2.05, 4.69) is 25.3 Å². The number of imidazole rings is 1. The lowest BCUT2D eigenvalue weighted by molar-refractivity contribution is -0.141. The molecule has 26 heavy (non-hydrogen) atoms. The van der Waals surface area contributed by atoms with Crippen molar-refractivity contribution in [3.05, 3.63) is 52.4 Å². The third-order valence-corrected chi connectivity index (χ3v) is 4.24. The zero-order chi connectivity index (χ0) is 18.9. The Balaban J connectivity index is 1.61. The molecule has 8 heteroatoms. The van der Waals surface area contributed by atoms with Gasteiger partial charge in [0.2, 0.25) is 0 Å². The number of nitrogens with one attached hydrogen (secondary N) is 2. The monoisotopic (exact) mass is 363 g/mol. The number of aryl methyl sites for hydroxylation is 3. The molecule has 0 aliphatic rings. The van der Waals surface area contributed by atoms with E-state index >= 15 is 0 Å². The number of hydrogen-bond acceptors (Lipinski definition) is 4. The zero-order valence-electron chi connectivity index (χ0n) is 14.8. The van der Waals surface area contributed by atoms with Crippen molar-refractivity contribution in [3.63, 3.8) is 0 Å². The highest BCUT2D eigenvalue weighted by atomic mass is 19.4. The molecule has 2 heterocycles. The normalized spacial score (nSPS) is 12.1. The van der Waals surface area contributed by atoms with Gasteiger partial charge in [0.1, 0.15) is 17.3 Å². The van der Waals surface area contributed by atoms with Crippen LogP contribution in [0.1, 0.15) is 34.2 Å². The lowest BCUT2D eigenvalue weighted by Crippen LogP contribution is -2.20. The van der Waals surface area contributed by atoms with Gasteiger partial charge < -0.3 is 10.3 Å². The molecular formula is C18H20F3N5. The fourth-order valence-corrected chi connectivity index (χ4v) is 2.74. The highest BCUT2D eigenvalue weighted by Crippen LogP contribution is 2.27. The first-order valence-electron chi connectivity index (χ1n) is 8.31. The number of H-pyrrole nitrogens is 1. The van der Waals surface area contributed by atoms with Crippen LogP contribution in [0.3, 0.4) is 0 Å².